The average Bonchev–Trinajstić information content (AvgIpc) is 2.70. The summed E-state index contributed by atoms with van der Waals surface area (Å²) in [7, 11) is 1.66. The molecule has 0 N–H and O–H groups in total. The van der Waals surface area contributed by atoms with E-state index in [0.29, 0.717) is 6.61 Å². The number of aliphatic imine (C=N–C) groups is 1. The highest BCUT2D eigenvalue weighted by Gasteiger charge is 2.17. The van der Waals surface area contributed by atoms with E-state index in [-0.39, 0.29) is 0 Å². The van der Waals surface area contributed by atoms with Gasteiger partial charge in [0.15, 0.2) is 0 Å². The molecule has 0 aliphatic carbocycles. The molecule has 1 aliphatic heterocycles. The highest BCUT2D eigenvalue weighted by molar-refractivity contribution is 6.05. The molecule has 5 nitrogen and oxygen atoms in total. The van der Waals surface area contributed by atoms with Gasteiger partial charge in [-0.2, -0.15) is 0 Å². The molecule has 1 aromatic heterocycles. The third-order valence-electron chi connectivity index (χ3n) is 4.46. The largest absolute Gasteiger partial charge is 0.497 e. The Morgan fingerprint density at radius 1 is 0.846 bits per heavy atom. The van der Waals surface area contributed by atoms with Gasteiger partial charge in [-0.3, -0.25) is 0 Å². The second-order valence-electron chi connectivity index (χ2n) is 6.10. The van der Waals surface area contributed by atoms with Gasteiger partial charge >= 0.3 is 0 Å². The highest BCUT2D eigenvalue weighted by Crippen LogP contribution is 2.35. The fourth-order valence-electron chi connectivity index (χ4n) is 3.10. The predicted octanol–water partition coefficient (Wildman–Crippen LogP) is 4.30. The third kappa shape index (κ3) is 2.45. The summed E-state index contributed by atoms with van der Waals surface area (Å²) in [5.74, 6) is 1.55. The molecule has 1 aliphatic rings. The molecule has 0 fully saturated rings. The first-order chi connectivity index (χ1) is 12.8. The topological polar surface area (TPSA) is 56.6 Å². The first-order valence-corrected chi connectivity index (χ1v) is 8.35. The zero-order valence-corrected chi connectivity index (χ0v) is 14.1. The number of nitrogens with zero attached hydrogens (tertiary/aromatic N) is 3. The van der Waals surface area contributed by atoms with Gasteiger partial charge in [0.25, 0.3) is 0 Å². The number of ether oxygens (including phenoxy) is 2. The zero-order chi connectivity index (χ0) is 17.5. The third-order valence-corrected chi connectivity index (χ3v) is 4.46. The minimum Gasteiger partial charge on any atom is -0.497 e. The van der Waals surface area contributed by atoms with Crippen LogP contribution >= 0.6 is 0 Å². The maximum Gasteiger partial charge on any atom is 0.147 e. The first kappa shape index (κ1) is 14.8. The van der Waals surface area contributed by atoms with Gasteiger partial charge in [-0.25, -0.2) is 15.0 Å². The molecule has 0 saturated carbocycles. The van der Waals surface area contributed by atoms with Crippen LogP contribution in [-0.4, -0.2) is 29.4 Å². The summed E-state index contributed by atoms with van der Waals surface area (Å²) in [5.41, 5.74) is 6.04. The Labute approximate surface area is 150 Å². The monoisotopic (exact) mass is 341 g/mol. The summed E-state index contributed by atoms with van der Waals surface area (Å²) in [6.45, 7) is 0.422. The second kappa shape index (κ2) is 5.81. The maximum atomic E-state index is 5.94. The Morgan fingerprint density at radius 2 is 1.54 bits per heavy atom. The molecule has 5 heteroatoms. The van der Waals surface area contributed by atoms with Gasteiger partial charge in [0.2, 0.25) is 0 Å². The van der Waals surface area contributed by atoms with Gasteiger partial charge in [0.1, 0.15) is 23.8 Å². The minimum absolute atomic E-state index is 0.422. The maximum absolute atomic E-state index is 5.94. The smallest absolute Gasteiger partial charge is 0.147 e. The normalized spacial score (nSPS) is 13.2. The molecule has 0 amide bonds. The van der Waals surface area contributed by atoms with Crippen molar-refractivity contribution < 1.29 is 9.47 Å². The number of hydrogen-bond acceptors (Lipinski definition) is 5. The van der Waals surface area contributed by atoms with Crippen LogP contribution in [0.4, 0.5) is 5.69 Å². The van der Waals surface area contributed by atoms with Crippen molar-refractivity contribution in [3.8, 4) is 11.5 Å². The molecule has 0 atom stereocenters. The number of methoxy groups -OCH3 is 1. The lowest BCUT2D eigenvalue weighted by atomic mass is 10.1. The molecule has 3 aromatic carbocycles. The average molecular weight is 341 g/mol. The van der Waals surface area contributed by atoms with Gasteiger partial charge in [0, 0.05) is 6.07 Å². The van der Waals surface area contributed by atoms with Crippen molar-refractivity contribution in [1.29, 1.82) is 0 Å². The van der Waals surface area contributed by atoms with Gasteiger partial charge in [0.05, 0.1) is 34.9 Å². The van der Waals surface area contributed by atoms with Crippen molar-refractivity contribution in [2.45, 2.75) is 0 Å². The highest BCUT2D eigenvalue weighted by atomic mass is 16.5. The Balaban J connectivity index is 1.62. The number of aromatic nitrogens is 2. The lowest BCUT2D eigenvalue weighted by molar-refractivity contribution is 0.373. The van der Waals surface area contributed by atoms with Crippen molar-refractivity contribution in [3.63, 3.8) is 0 Å². The van der Waals surface area contributed by atoms with Crippen molar-refractivity contribution in [2.75, 3.05) is 13.7 Å². The molecule has 5 rings (SSSR count). The van der Waals surface area contributed by atoms with E-state index in [4.69, 9.17) is 19.5 Å². The summed E-state index contributed by atoms with van der Waals surface area (Å²) in [6, 6.07) is 19.5. The molecule has 26 heavy (non-hydrogen) atoms. The molecule has 0 unspecified atom stereocenters. The van der Waals surface area contributed by atoms with Crippen LogP contribution < -0.4 is 9.47 Å². The second-order valence-corrected chi connectivity index (χ2v) is 6.10. The summed E-state index contributed by atoms with van der Waals surface area (Å²) >= 11 is 0. The molecular formula is C21H15N3O2. The molecule has 4 aromatic rings. The van der Waals surface area contributed by atoms with Crippen molar-refractivity contribution in [2.24, 2.45) is 4.99 Å². The number of rotatable bonds is 2. The van der Waals surface area contributed by atoms with E-state index in [2.05, 4.69) is 4.98 Å². The molecular weight excluding hydrogens is 326 g/mol. The lowest BCUT2D eigenvalue weighted by Crippen LogP contribution is -2.16. The van der Waals surface area contributed by atoms with Crippen molar-refractivity contribution in [1.82, 2.24) is 9.97 Å². The van der Waals surface area contributed by atoms with Gasteiger partial charge in [-0.05, 0) is 48.0 Å². The van der Waals surface area contributed by atoms with E-state index in [1.54, 1.807) is 7.11 Å². The van der Waals surface area contributed by atoms with E-state index in [1.165, 1.54) is 0 Å². The van der Waals surface area contributed by atoms with Crippen LogP contribution in [0.3, 0.4) is 0 Å². The van der Waals surface area contributed by atoms with Gasteiger partial charge in [-0.15, -0.1) is 0 Å². The summed E-state index contributed by atoms with van der Waals surface area (Å²) in [5, 5.41) is 0. The first-order valence-electron chi connectivity index (χ1n) is 8.35. The number of para-hydroxylation sites is 2. The quantitative estimate of drug-likeness (QED) is 0.510. The molecule has 2 heterocycles. The number of fused-ring (bicyclic) bond motifs is 3. The Bertz CT molecular complexity index is 1170. The van der Waals surface area contributed by atoms with Crippen LogP contribution in [0.2, 0.25) is 0 Å². The van der Waals surface area contributed by atoms with E-state index in [1.807, 2.05) is 60.7 Å². The standard InChI is InChI=1S/C21H15N3O2/c1-25-14-8-6-13(7-9-14)20-12-26-21-11-18-17(10-19(21)24-20)22-15-4-2-3-5-16(15)23-18/h2-11H,12H2,1H3. The molecule has 0 spiro atoms. The van der Waals surface area contributed by atoms with Crippen molar-refractivity contribution in [3.05, 3.63) is 66.2 Å². The fraction of sp³-hybridized carbons (Fsp3) is 0.0952. The van der Waals surface area contributed by atoms with Crippen LogP contribution in [0.15, 0.2) is 65.7 Å². The van der Waals surface area contributed by atoms with E-state index in [9.17, 15) is 0 Å². The van der Waals surface area contributed by atoms with Crippen LogP contribution in [-0.2, 0) is 0 Å². The zero-order valence-electron chi connectivity index (χ0n) is 14.1. The predicted molar refractivity (Wildman–Crippen MR) is 102 cm³/mol. The number of benzene rings is 3. The van der Waals surface area contributed by atoms with Crippen molar-refractivity contribution >= 4 is 33.5 Å². The van der Waals surface area contributed by atoms with Crippen LogP contribution in [0, 0.1) is 0 Å². The lowest BCUT2D eigenvalue weighted by Gasteiger charge is -2.18. The SMILES string of the molecule is COc1ccc(C2=Nc3cc4nc5ccccc5nc4cc3OC2)cc1. The Morgan fingerprint density at radius 3 is 2.23 bits per heavy atom. The van der Waals surface area contributed by atoms with Gasteiger partial charge < -0.3 is 9.47 Å². The summed E-state index contributed by atoms with van der Waals surface area (Å²) in [4.78, 5) is 14.2. The van der Waals surface area contributed by atoms with Gasteiger partial charge in [-0.1, -0.05) is 12.1 Å². The van der Waals surface area contributed by atoms with E-state index >= 15 is 0 Å². The Kier molecular flexibility index (Phi) is 3.31. The molecule has 0 bridgehead atoms. The fourth-order valence-corrected chi connectivity index (χ4v) is 3.10. The molecule has 0 saturated heterocycles. The minimum atomic E-state index is 0.422. The number of hydrogen-bond donors (Lipinski definition) is 0. The van der Waals surface area contributed by atoms with E-state index < -0.39 is 0 Å². The molecule has 0 radical (unpaired) electrons. The summed E-state index contributed by atoms with van der Waals surface area (Å²) in [6.07, 6.45) is 0. The van der Waals surface area contributed by atoms with Crippen LogP contribution in [0.1, 0.15) is 5.56 Å². The summed E-state index contributed by atoms with van der Waals surface area (Å²) < 4.78 is 11.1. The Hall–Kier alpha value is -3.47. The van der Waals surface area contributed by atoms with E-state index in [0.717, 1.165) is 50.5 Å². The molecule has 126 valence electrons. The van der Waals surface area contributed by atoms with Crippen LogP contribution in [0.5, 0.6) is 11.5 Å². The van der Waals surface area contributed by atoms with Crippen LogP contribution in [0.25, 0.3) is 22.1 Å².